The molecule has 0 aliphatic heterocycles. The molecular weight excluding hydrogens is 859 g/mol. The summed E-state index contributed by atoms with van der Waals surface area (Å²) >= 11 is 2.47. The second-order valence-electron chi connectivity index (χ2n) is 14.9. The number of fused-ring (bicyclic) bond motifs is 2. The van der Waals surface area contributed by atoms with Crippen LogP contribution in [0.1, 0.15) is 11.1 Å². The van der Waals surface area contributed by atoms with Crippen LogP contribution in [0.2, 0.25) is 0 Å². The van der Waals surface area contributed by atoms with Crippen molar-refractivity contribution in [3.05, 3.63) is 205 Å². The van der Waals surface area contributed by atoms with Gasteiger partial charge in [0.1, 0.15) is 10.0 Å². The smallest absolute Gasteiger partial charge is 0.311 e. The van der Waals surface area contributed by atoms with Crippen LogP contribution in [0.25, 0.3) is 52.7 Å². The van der Waals surface area contributed by atoms with E-state index >= 15 is 0 Å². The van der Waals surface area contributed by atoms with Crippen molar-refractivity contribution in [2.24, 2.45) is 0 Å². The normalized spacial score (nSPS) is 11.9. The number of alkyl halides is 6. The molecule has 0 radical (unpaired) electrons. The number of thiazole rings is 2. The van der Waals surface area contributed by atoms with Gasteiger partial charge in [0, 0.05) is 45.3 Å². The van der Waals surface area contributed by atoms with E-state index in [-0.39, 0.29) is 0 Å². The molecule has 0 unspecified atom stereocenters. The second kappa shape index (κ2) is 16.4. The molecule has 2 aromatic heterocycles. The Morgan fingerprint density at radius 3 is 0.938 bits per heavy atom. The third-order valence-corrected chi connectivity index (χ3v) is 12.9. The third kappa shape index (κ3) is 8.21. The predicted molar refractivity (Wildman–Crippen MR) is 248 cm³/mol. The molecule has 0 bridgehead atoms. The van der Waals surface area contributed by atoms with Crippen molar-refractivity contribution in [1.82, 2.24) is 9.97 Å². The van der Waals surface area contributed by atoms with Gasteiger partial charge in [-0.15, -0.1) is 22.7 Å². The number of hydrogen-bond donors (Lipinski definition) is 0. The number of anilines is 6. The molecule has 0 amide bonds. The Bertz CT molecular complexity index is 3000. The Kier molecular flexibility index (Phi) is 10.5. The molecular formula is C52H32F6N4S2. The molecule has 0 fully saturated rings. The van der Waals surface area contributed by atoms with E-state index in [9.17, 15) is 26.3 Å². The van der Waals surface area contributed by atoms with Crippen LogP contribution >= 0.6 is 22.7 Å². The first-order valence-corrected chi connectivity index (χ1v) is 21.7. The maximum Gasteiger partial charge on any atom is 0.416 e. The van der Waals surface area contributed by atoms with Gasteiger partial charge in [0.05, 0.1) is 31.6 Å². The minimum atomic E-state index is -4.42. The van der Waals surface area contributed by atoms with E-state index in [0.29, 0.717) is 30.4 Å². The first-order chi connectivity index (χ1) is 30.9. The Balaban J connectivity index is 0.905. The molecule has 0 saturated heterocycles. The van der Waals surface area contributed by atoms with Crippen molar-refractivity contribution >= 4 is 77.2 Å². The molecule has 4 nitrogen and oxygen atoms in total. The number of rotatable bonds is 9. The van der Waals surface area contributed by atoms with Gasteiger partial charge < -0.3 is 9.80 Å². The van der Waals surface area contributed by atoms with Crippen molar-refractivity contribution in [2.75, 3.05) is 9.80 Å². The van der Waals surface area contributed by atoms with Crippen LogP contribution in [0.5, 0.6) is 0 Å². The van der Waals surface area contributed by atoms with Gasteiger partial charge in [-0.05, 0) is 145 Å². The maximum absolute atomic E-state index is 13.4. The lowest BCUT2D eigenvalue weighted by atomic mass is 10.0. The van der Waals surface area contributed by atoms with Crippen molar-refractivity contribution in [2.45, 2.75) is 12.4 Å². The van der Waals surface area contributed by atoms with Gasteiger partial charge in [-0.2, -0.15) is 26.3 Å². The lowest BCUT2D eigenvalue weighted by Gasteiger charge is -2.26. The molecule has 10 rings (SSSR count). The molecule has 64 heavy (non-hydrogen) atoms. The molecule has 10 aromatic rings. The van der Waals surface area contributed by atoms with E-state index < -0.39 is 23.5 Å². The van der Waals surface area contributed by atoms with Crippen molar-refractivity contribution < 1.29 is 26.3 Å². The summed E-state index contributed by atoms with van der Waals surface area (Å²) in [6.45, 7) is 0. The molecule has 0 spiro atoms. The van der Waals surface area contributed by atoms with Gasteiger partial charge in [0.25, 0.3) is 0 Å². The standard InChI is InChI=1S/C52H32F6N4S2/c53-51(54,55)37-19-29-45-47(31-37)63-49(59-45)35-15-25-43(26-16-35)61(39-7-3-1-4-8-39)41-21-11-33(12-22-41)34-13-23-42(24-14-34)62(40-9-5-2-6-10-40)44-27-17-36(18-28-44)50-60-46-30-20-38(52(56,57)58)32-48(46)64-50/h1-32H. The lowest BCUT2D eigenvalue weighted by molar-refractivity contribution is -0.138. The van der Waals surface area contributed by atoms with E-state index in [1.165, 1.54) is 34.8 Å². The number of benzene rings is 8. The second-order valence-corrected chi connectivity index (χ2v) is 17.0. The minimum Gasteiger partial charge on any atom is -0.311 e. The van der Waals surface area contributed by atoms with Gasteiger partial charge in [-0.3, -0.25) is 0 Å². The van der Waals surface area contributed by atoms with Crippen LogP contribution in [0, 0.1) is 0 Å². The van der Waals surface area contributed by atoms with Gasteiger partial charge in [-0.25, -0.2) is 9.97 Å². The molecule has 12 heteroatoms. The fraction of sp³-hybridized carbons (Fsp3) is 0.0385. The van der Waals surface area contributed by atoms with Crippen LogP contribution < -0.4 is 9.80 Å². The first-order valence-electron chi connectivity index (χ1n) is 20.0. The summed E-state index contributed by atoms with van der Waals surface area (Å²) in [6.07, 6.45) is -8.84. The molecule has 0 aliphatic carbocycles. The van der Waals surface area contributed by atoms with E-state index in [1.807, 2.05) is 109 Å². The summed E-state index contributed by atoms with van der Waals surface area (Å²) in [6, 6.07) is 59.7. The summed E-state index contributed by atoms with van der Waals surface area (Å²) in [4.78, 5) is 13.5. The van der Waals surface area contributed by atoms with Gasteiger partial charge in [0.15, 0.2) is 0 Å². The van der Waals surface area contributed by atoms with Crippen LogP contribution in [-0.2, 0) is 12.4 Å². The van der Waals surface area contributed by atoms with Crippen molar-refractivity contribution in [1.29, 1.82) is 0 Å². The average Bonchev–Trinajstić information content (AvgIpc) is 3.95. The Morgan fingerprint density at radius 2 is 0.625 bits per heavy atom. The van der Waals surface area contributed by atoms with Crippen LogP contribution in [-0.4, -0.2) is 9.97 Å². The van der Waals surface area contributed by atoms with Gasteiger partial charge in [-0.1, -0.05) is 60.7 Å². The van der Waals surface area contributed by atoms with E-state index in [2.05, 4.69) is 68.3 Å². The summed E-state index contributed by atoms with van der Waals surface area (Å²) < 4.78 is 81.1. The van der Waals surface area contributed by atoms with Gasteiger partial charge in [0.2, 0.25) is 0 Å². The van der Waals surface area contributed by atoms with Crippen molar-refractivity contribution in [3.63, 3.8) is 0 Å². The Labute approximate surface area is 371 Å². The van der Waals surface area contributed by atoms with E-state index in [0.717, 1.165) is 80.6 Å². The number of nitrogens with zero attached hydrogens (tertiary/aromatic N) is 4. The third-order valence-electron chi connectivity index (χ3n) is 10.8. The zero-order valence-electron chi connectivity index (χ0n) is 33.3. The number of aromatic nitrogens is 2. The monoisotopic (exact) mass is 890 g/mol. The highest BCUT2D eigenvalue weighted by Gasteiger charge is 2.32. The molecule has 0 saturated carbocycles. The van der Waals surface area contributed by atoms with Gasteiger partial charge >= 0.3 is 12.4 Å². The molecule has 0 aliphatic rings. The zero-order chi connectivity index (χ0) is 44.0. The first kappa shape index (κ1) is 40.8. The lowest BCUT2D eigenvalue weighted by Crippen LogP contribution is -2.10. The van der Waals surface area contributed by atoms with Crippen molar-refractivity contribution in [3.8, 4) is 32.3 Å². The molecule has 2 heterocycles. The SMILES string of the molecule is FC(F)(F)c1ccc2nc(-c3ccc(N(c4ccccc4)c4ccc(-c5ccc(N(c6ccccc6)c6ccc(-c7nc8ccc(C(F)(F)F)cc8s7)cc6)cc5)cc4)cc3)sc2c1. The highest BCUT2D eigenvalue weighted by atomic mass is 32.1. The quantitative estimate of drug-likeness (QED) is 0.135. The highest BCUT2D eigenvalue weighted by Crippen LogP contribution is 2.42. The maximum atomic E-state index is 13.4. The van der Waals surface area contributed by atoms with Crippen LogP contribution in [0.4, 0.5) is 60.5 Å². The van der Waals surface area contributed by atoms with Crippen LogP contribution in [0.3, 0.4) is 0 Å². The minimum absolute atomic E-state index is 0.481. The summed E-state index contributed by atoms with van der Waals surface area (Å²) in [5.74, 6) is 0. The Hall–Kier alpha value is -7.28. The van der Waals surface area contributed by atoms with E-state index in [1.54, 1.807) is 0 Å². The summed E-state index contributed by atoms with van der Waals surface area (Å²) in [5, 5.41) is 1.28. The molecule has 0 atom stereocenters. The fourth-order valence-corrected chi connectivity index (χ4v) is 9.63. The molecule has 0 N–H and O–H groups in total. The Morgan fingerprint density at radius 1 is 0.328 bits per heavy atom. The highest BCUT2D eigenvalue weighted by molar-refractivity contribution is 7.22. The molecule has 314 valence electrons. The number of hydrogen-bond acceptors (Lipinski definition) is 6. The summed E-state index contributed by atoms with van der Waals surface area (Å²) in [7, 11) is 0. The average molecular weight is 891 g/mol. The topological polar surface area (TPSA) is 32.3 Å². The zero-order valence-corrected chi connectivity index (χ0v) is 35.0. The largest absolute Gasteiger partial charge is 0.416 e. The fourth-order valence-electron chi connectivity index (χ4n) is 7.61. The van der Waals surface area contributed by atoms with Crippen LogP contribution in [0.15, 0.2) is 194 Å². The number of halogens is 6. The van der Waals surface area contributed by atoms with E-state index in [4.69, 9.17) is 0 Å². The number of para-hydroxylation sites is 2. The predicted octanol–water partition coefficient (Wildman–Crippen LogP) is 16.9. The molecule has 8 aromatic carbocycles. The summed E-state index contributed by atoms with van der Waals surface area (Å²) in [5.41, 5.74) is 8.95.